The predicted molar refractivity (Wildman–Crippen MR) is 97.3 cm³/mol. The first-order valence-electron chi connectivity index (χ1n) is 8.41. The average Bonchev–Trinajstić information content (AvgIpc) is 2.81. The van der Waals surface area contributed by atoms with E-state index >= 15 is 0 Å². The van der Waals surface area contributed by atoms with E-state index in [1.807, 2.05) is 13.8 Å². The third-order valence-electron chi connectivity index (χ3n) is 3.20. The Morgan fingerprint density at radius 2 is 2.08 bits per heavy atom. The molecule has 1 saturated heterocycles. The van der Waals surface area contributed by atoms with Crippen molar-refractivity contribution in [2.75, 3.05) is 24.7 Å². The molecule has 7 heteroatoms. The summed E-state index contributed by atoms with van der Waals surface area (Å²) < 4.78 is 21.7. The Morgan fingerprint density at radius 1 is 1.40 bits per heavy atom. The van der Waals surface area contributed by atoms with Gasteiger partial charge >= 0.3 is 11.9 Å². The lowest BCUT2D eigenvalue weighted by Gasteiger charge is -2.22. The molecule has 0 aliphatic carbocycles. The molecule has 25 heavy (non-hydrogen) atoms. The molecule has 1 aliphatic rings. The minimum Gasteiger partial charge on any atom is -0.461 e. The molecule has 1 fully saturated rings. The van der Waals surface area contributed by atoms with E-state index in [-0.39, 0.29) is 19.1 Å². The van der Waals surface area contributed by atoms with Crippen molar-refractivity contribution in [1.29, 1.82) is 0 Å². The largest absolute Gasteiger partial charge is 0.461 e. The maximum Gasteiger partial charge on any atom is 0.310 e. The van der Waals surface area contributed by atoms with Gasteiger partial charge in [-0.05, 0) is 34.6 Å². The minimum atomic E-state index is -0.583. The van der Waals surface area contributed by atoms with Crippen LogP contribution in [0.1, 0.15) is 41.0 Å². The SMILES string of the molecule is C=CCOC(=O)[C@H](CSCC1COC(C)(C)O1)CC(=O)OC(C)(C)C. The fourth-order valence-electron chi connectivity index (χ4n) is 2.24. The standard InChI is InChI=1S/C18H30O6S/c1-7-8-21-16(20)13(9-15(19)24-17(2,3)4)11-25-12-14-10-22-18(5,6)23-14/h7,13-14H,1,8-12H2,2-6H3/t13-,14?/m0/s1. The van der Waals surface area contributed by atoms with Gasteiger partial charge in [0.2, 0.25) is 0 Å². The van der Waals surface area contributed by atoms with Crippen LogP contribution >= 0.6 is 11.8 Å². The van der Waals surface area contributed by atoms with Crippen LogP contribution in [0.15, 0.2) is 12.7 Å². The predicted octanol–water partition coefficient (Wildman–Crippen LogP) is 2.95. The fourth-order valence-corrected chi connectivity index (χ4v) is 3.34. The quantitative estimate of drug-likeness (QED) is 0.454. The van der Waals surface area contributed by atoms with Crippen LogP contribution in [0, 0.1) is 5.92 Å². The van der Waals surface area contributed by atoms with Crippen LogP contribution in [0.3, 0.4) is 0 Å². The van der Waals surface area contributed by atoms with Crippen molar-refractivity contribution in [3.63, 3.8) is 0 Å². The Labute approximate surface area is 154 Å². The average molecular weight is 374 g/mol. The van der Waals surface area contributed by atoms with E-state index in [9.17, 15) is 9.59 Å². The van der Waals surface area contributed by atoms with Crippen LogP contribution in [0.4, 0.5) is 0 Å². The summed E-state index contributed by atoms with van der Waals surface area (Å²) in [5.41, 5.74) is -0.583. The Bertz CT molecular complexity index is 469. The Kier molecular flexibility index (Phi) is 8.44. The zero-order chi connectivity index (χ0) is 19.1. The van der Waals surface area contributed by atoms with Gasteiger partial charge in [-0.25, -0.2) is 0 Å². The van der Waals surface area contributed by atoms with Crippen LogP contribution in [0.5, 0.6) is 0 Å². The van der Waals surface area contributed by atoms with E-state index in [0.717, 1.165) is 0 Å². The van der Waals surface area contributed by atoms with Crippen LogP contribution < -0.4 is 0 Å². The normalized spacial score (nSPS) is 20.8. The molecule has 0 aromatic rings. The van der Waals surface area contributed by atoms with Crippen LogP contribution in [0.25, 0.3) is 0 Å². The molecule has 0 N–H and O–H groups in total. The Hall–Kier alpha value is -1.05. The summed E-state index contributed by atoms with van der Waals surface area (Å²) in [5, 5.41) is 0. The van der Waals surface area contributed by atoms with Crippen molar-refractivity contribution < 1.29 is 28.5 Å². The zero-order valence-electron chi connectivity index (χ0n) is 15.8. The number of carbonyl (C=O) groups excluding carboxylic acids is 2. The molecule has 6 nitrogen and oxygen atoms in total. The minimum absolute atomic E-state index is 0.00619. The van der Waals surface area contributed by atoms with E-state index in [4.69, 9.17) is 18.9 Å². The van der Waals surface area contributed by atoms with Gasteiger partial charge in [-0.15, -0.1) is 0 Å². The smallest absolute Gasteiger partial charge is 0.310 e. The number of rotatable bonds is 9. The van der Waals surface area contributed by atoms with E-state index in [1.54, 1.807) is 32.5 Å². The van der Waals surface area contributed by atoms with E-state index < -0.39 is 29.2 Å². The molecule has 1 heterocycles. The zero-order valence-corrected chi connectivity index (χ0v) is 16.6. The number of thioether (sulfide) groups is 1. The summed E-state index contributed by atoms with van der Waals surface area (Å²) in [6, 6.07) is 0. The highest BCUT2D eigenvalue weighted by atomic mass is 32.2. The first-order valence-corrected chi connectivity index (χ1v) is 9.57. The Balaban J connectivity index is 2.51. The van der Waals surface area contributed by atoms with Gasteiger partial charge in [-0.2, -0.15) is 11.8 Å². The van der Waals surface area contributed by atoms with Crippen molar-refractivity contribution >= 4 is 23.7 Å². The summed E-state index contributed by atoms with van der Waals surface area (Å²) in [6.45, 7) is 13.3. The first-order chi connectivity index (χ1) is 11.5. The molecule has 0 radical (unpaired) electrons. The van der Waals surface area contributed by atoms with E-state index in [2.05, 4.69) is 6.58 Å². The molecule has 1 rings (SSSR count). The summed E-state index contributed by atoms with van der Waals surface area (Å²) in [5.74, 6) is -0.810. The third-order valence-corrected chi connectivity index (χ3v) is 4.45. The van der Waals surface area contributed by atoms with E-state index in [0.29, 0.717) is 18.1 Å². The second kappa shape index (κ2) is 9.59. The lowest BCUT2D eigenvalue weighted by molar-refractivity contribution is -0.160. The number of esters is 2. The maximum atomic E-state index is 12.2. The number of carbonyl (C=O) groups is 2. The summed E-state index contributed by atoms with van der Waals surface area (Å²) >= 11 is 1.54. The summed E-state index contributed by atoms with van der Waals surface area (Å²) in [4.78, 5) is 24.2. The van der Waals surface area contributed by atoms with Crippen molar-refractivity contribution in [2.24, 2.45) is 5.92 Å². The van der Waals surface area contributed by atoms with Gasteiger partial charge in [-0.3, -0.25) is 9.59 Å². The molecule has 0 spiro atoms. The Morgan fingerprint density at radius 3 is 2.60 bits per heavy atom. The topological polar surface area (TPSA) is 71.1 Å². The van der Waals surface area contributed by atoms with Crippen molar-refractivity contribution in [3.8, 4) is 0 Å². The summed E-state index contributed by atoms with van der Waals surface area (Å²) in [6.07, 6.45) is 1.47. The highest BCUT2D eigenvalue weighted by Gasteiger charge is 2.33. The molecule has 0 amide bonds. The van der Waals surface area contributed by atoms with Crippen molar-refractivity contribution in [1.82, 2.24) is 0 Å². The van der Waals surface area contributed by atoms with Crippen LogP contribution in [0.2, 0.25) is 0 Å². The first kappa shape index (κ1) is 22.0. The van der Waals surface area contributed by atoms with Gasteiger partial charge in [0.05, 0.1) is 25.0 Å². The second-order valence-electron chi connectivity index (χ2n) is 7.39. The number of hydrogen-bond acceptors (Lipinski definition) is 7. The highest BCUT2D eigenvalue weighted by Crippen LogP contribution is 2.26. The molecule has 0 saturated carbocycles. The van der Waals surface area contributed by atoms with Gasteiger partial charge in [0.15, 0.2) is 5.79 Å². The van der Waals surface area contributed by atoms with Crippen LogP contribution in [-0.2, 0) is 28.5 Å². The second-order valence-corrected chi connectivity index (χ2v) is 8.47. The lowest BCUT2D eigenvalue weighted by Crippen LogP contribution is -2.29. The van der Waals surface area contributed by atoms with Crippen LogP contribution in [-0.4, -0.2) is 54.2 Å². The molecule has 2 atom stereocenters. The molecule has 1 unspecified atom stereocenters. The molecule has 144 valence electrons. The fraction of sp³-hybridized carbons (Fsp3) is 0.778. The monoisotopic (exact) mass is 374 g/mol. The molecular weight excluding hydrogens is 344 g/mol. The number of hydrogen-bond donors (Lipinski definition) is 0. The molecule has 0 bridgehead atoms. The van der Waals surface area contributed by atoms with Gasteiger partial charge in [-0.1, -0.05) is 12.7 Å². The number of ether oxygens (including phenoxy) is 4. The van der Waals surface area contributed by atoms with Gasteiger partial charge in [0.1, 0.15) is 12.2 Å². The lowest BCUT2D eigenvalue weighted by atomic mass is 10.1. The summed E-state index contributed by atoms with van der Waals surface area (Å²) in [7, 11) is 0. The highest BCUT2D eigenvalue weighted by molar-refractivity contribution is 7.99. The van der Waals surface area contributed by atoms with Gasteiger partial charge in [0, 0.05) is 11.5 Å². The molecule has 0 aromatic heterocycles. The van der Waals surface area contributed by atoms with E-state index in [1.165, 1.54) is 6.08 Å². The van der Waals surface area contributed by atoms with Crippen molar-refractivity contribution in [3.05, 3.63) is 12.7 Å². The van der Waals surface area contributed by atoms with Gasteiger partial charge < -0.3 is 18.9 Å². The maximum absolute atomic E-state index is 12.2. The molecular formula is C18H30O6S. The molecule has 1 aliphatic heterocycles. The van der Waals surface area contributed by atoms with Crippen molar-refractivity contribution in [2.45, 2.75) is 58.5 Å². The third kappa shape index (κ3) is 9.28. The van der Waals surface area contributed by atoms with Gasteiger partial charge in [0.25, 0.3) is 0 Å². The molecule has 0 aromatic carbocycles.